The summed E-state index contributed by atoms with van der Waals surface area (Å²) in [5, 5.41) is 0. The van der Waals surface area contributed by atoms with E-state index in [1.54, 1.807) is 12.2 Å². The number of hydrogen-bond acceptors (Lipinski definition) is 2. The second-order valence-corrected chi connectivity index (χ2v) is 7.17. The summed E-state index contributed by atoms with van der Waals surface area (Å²) in [5.41, 5.74) is 0. The van der Waals surface area contributed by atoms with E-state index in [9.17, 15) is 4.79 Å². The molecule has 0 bridgehead atoms. The van der Waals surface area contributed by atoms with Gasteiger partial charge in [-0.05, 0) is 0 Å². The predicted molar refractivity (Wildman–Crippen MR) is 80.8 cm³/mol. The molecule has 3 heteroatoms. The molecule has 0 saturated carbocycles. The molecule has 0 N–H and O–H groups in total. The average Bonchev–Trinajstić information content (AvgIpc) is 2.40. The summed E-state index contributed by atoms with van der Waals surface area (Å²) in [6.07, 6.45) is 4.83. The summed E-state index contributed by atoms with van der Waals surface area (Å²) in [7, 11) is 0. The zero-order valence-electron chi connectivity index (χ0n) is 11.3. The van der Waals surface area contributed by atoms with Gasteiger partial charge in [-0.2, -0.15) is 0 Å². The molecule has 19 heavy (non-hydrogen) atoms. The minimum atomic E-state index is -0.520. The van der Waals surface area contributed by atoms with Crippen molar-refractivity contribution < 1.29 is 9.53 Å². The molecule has 0 radical (unpaired) electrons. The molecule has 0 aromatic heterocycles. The molecule has 1 aromatic rings. The van der Waals surface area contributed by atoms with Gasteiger partial charge in [0.1, 0.15) is 0 Å². The van der Waals surface area contributed by atoms with Crippen LogP contribution in [0.2, 0.25) is 4.31 Å². The first-order valence-corrected chi connectivity index (χ1v) is 8.03. The number of esters is 1. The summed E-state index contributed by atoms with van der Waals surface area (Å²) >= 11 is -0.0110. The summed E-state index contributed by atoms with van der Waals surface area (Å²) in [4.78, 5) is 12.3. The fourth-order valence-electron chi connectivity index (χ4n) is 1.82. The van der Waals surface area contributed by atoms with Crippen LogP contribution >= 0.6 is 0 Å². The first kappa shape index (κ1) is 15.7. The molecule has 0 aliphatic rings. The van der Waals surface area contributed by atoms with E-state index in [4.69, 9.17) is 4.74 Å². The van der Waals surface area contributed by atoms with Gasteiger partial charge >= 0.3 is 121 Å². The SMILES string of the molecule is C=CCC(CC=C)([Se]c1ccccc1)C(=O)OCC. The Balaban J connectivity index is 3.04. The van der Waals surface area contributed by atoms with E-state index in [-0.39, 0.29) is 20.9 Å². The Morgan fingerprint density at radius 3 is 2.32 bits per heavy atom. The Bertz CT molecular complexity index is 416. The van der Waals surface area contributed by atoms with Crippen LogP contribution in [0.5, 0.6) is 0 Å². The van der Waals surface area contributed by atoms with Crippen LogP contribution in [0.1, 0.15) is 19.8 Å². The van der Waals surface area contributed by atoms with Crippen LogP contribution in [0.25, 0.3) is 0 Å². The quantitative estimate of drug-likeness (QED) is 0.418. The van der Waals surface area contributed by atoms with Crippen molar-refractivity contribution in [3.05, 3.63) is 55.6 Å². The van der Waals surface area contributed by atoms with Gasteiger partial charge in [-0.1, -0.05) is 0 Å². The van der Waals surface area contributed by atoms with Crippen molar-refractivity contribution in [2.75, 3.05) is 6.61 Å². The number of carbonyl (C=O) groups excluding carboxylic acids is 1. The van der Waals surface area contributed by atoms with E-state index >= 15 is 0 Å². The number of benzene rings is 1. The van der Waals surface area contributed by atoms with Crippen molar-refractivity contribution in [2.45, 2.75) is 24.1 Å². The molecule has 0 saturated heterocycles. The molecule has 0 unspecified atom stereocenters. The van der Waals surface area contributed by atoms with Crippen molar-refractivity contribution in [3.63, 3.8) is 0 Å². The molecule has 0 fully saturated rings. The average molecular weight is 323 g/mol. The van der Waals surface area contributed by atoms with E-state index < -0.39 is 4.31 Å². The Morgan fingerprint density at radius 2 is 1.84 bits per heavy atom. The molecule has 1 aromatic carbocycles. The molecule has 1 rings (SSSR count). The Hall–Kier alpha value is -1.31. The van der Waals surface area contributed by atoms with E-state index in [1.165, 1.54) is 4.46 Å². The van der Waals surface area contributed by atoms with Crippen molar-refractivity contribution in [3.8, 4) is 0 Å². The molecular formula is C16H20O2Se. The van der Waals surface area contributed by atoms with Crippen molar-refractivity contribution in [1.82, 2.24) is 0 Å². The normalized spacial score (nSPS) is 10.8. The van der Waals surface area contributed by atoms with Crippen molar-refractivity contribution in [1.29, 1.82) is 0 Å². The third kappa shape index (κ3) is 4.38. The summed E-state index contributed by atoms with van der Waals surface area (Å²) < 4.78 is 5.93. The van der Waals surface area contributed by atoms with Crippen LogP contribution in [0.4, 0.5) is 0 Å². The molecule has 0 aliphatic carbocycles. The predicted octanol–water partition coefficient (Wildman–Crippen LogP) is 2.89. The standard InChI is InChI=1S/C16H20O2Se/c1-4-12-16(13-5-2,15(17)18-6-3)19-14-10-8-7-9-11-14/h4-5,7-11H,1-2,6,12-13H2,3H3. The molecule has 0 amide bonds. The maximum absolute atomic E-state index is 12.3. The van der Waals surface area contributed by atoms with Gasteiger partial charge in [0, 0.05) is 0 Å². The van der Waals surface area contributed by atoms with Gasteiger partial charge in [0.25, 0.3) is 0 Å². The first-order valence-electron chi connectivity index (χ1n) is 6.31. The number of ether oxygens (including phenoxy) is 1. The number of hydrogen-bond donors (Lipinski definition) is 0. The third-order valence-electron chi connectivity index (χ3n) is 2.65. The van der Waals surface area contributed by atoms with Crippen LogP contribution < -0.4 is 4.46 Å². The van der Waals surface area contributed by atoms with E-state index in [2.05, 4.69) is 25.3 Å². The topological polar surface area (TPSA) is 26.3 Å². The minimum absolute atomic E-state index is 0.0110. The van der Waals surface area contributed by atoms with Gasteiger partial charge in [-0.25, -0.2) is 0 Å². The second-order valence-electron chi connectivity index (χ2n) is 4.12. The Morgan fingerprint density at radius 1 is 1.26 bits per heavy atom. The van der Waals surface area contributed by atoms with Crippen molar-refractivity contribution >= 4 is 25.4 Å². The number of carbonyl (C=O) groups is 1. The second kappa shape index (κ2) is 7.98. The number of allylic oxidation sites excluding steroid dienone is 2. The Kier molecular flexibility index (Phi) is 6.61. The molecule has 0 spiro atoms. The zero-order valence-corrected chi connectivity index (χ0v) is 13.0. The number of rotatable bonds is 8. The molecule has 0 atom stereocenters. The van der Waals surface area contributed by atoms with E-state index in [0.29, 0.717) is 19.4 Å². The van der Waals surface area contributed by atoms with Crippen molar-refractivity contribution in [2.24, 2.45) is 0 Å². The fraction of sp³-hybridized carbons (Fsp3) is 0.312. The molecule has 0 heterocycles. The van der Waals surface area contributed by atoms with Crippen LogP contribution in [-0.2, 0) is 9.53 Å². The van der Waals surface area contributed by atoms with Gasteiger partial charge in [0.05, 0.1) is 0 Å². The van der Waals surface area contributed by atoms with Crippen LogP contribution in [0, 0.1) is 0 Å². The maximum atomic E-state index is 12.3. The van der Waals surface area contributed by atoms with Gasteiger partial charge in [0.15, 0.2) is 0 Å². The summed E-state index contributed by atoms with van der Waals surface area (Å²) in [6.45, 7) is 9.80. The van der Waals surface area contributed by atoms with Gasteiger partial charge in [0.2, 0.25) is 0 Å². The van der Waals surface area contributed by atoms with E-state index in [1.807, 2.05) is 25.1 Å². The fourth-order valence-corrected chi connectivity index (χ4v) is 4.52. The van der Waals surface area contributed by atoms with Crippen LogP contribution in [-0.4, -0.2) is 27.5 Å². The third-order valence-corrected chi connectivity index (χ3v) is 5.59. The molecular weight excluding hydrogens is 303 g/mol. The Labute approximate surface area is 121 Å². The molecule has 102 valence electrons. The zero-order chi connectivity index (χ0) is 14.1. The monoisotopic (exact) mass is 324 g/mol. The van der Waals surface area contributed by atoms with Gasteiger partial charge in [-0.3, -0.25) is 0 Å². The van der Waals surface area contributed by atoms with E-state index in [0.717, 1.165) is 0 Å². The van der Waals surface area contributed by atoms with Gasteiger partial charge in [-0.15, -0.1) is 0 Å². The van der Waals surface area contributed by atoms with Gasteiger partial charge < -0.3 is 0 Å². The van der Waals surface area contributed by atoms with Crippen LogP contribution in [0.3, 0.4) is 0 Å². The van der Waals surface area contributed by atoms with Crippen LogP contribution in [0.15, 0.2) is 55.6 Å². The summed E-state index contributed by atoms with van der Waals surface area (Å²) in [6, 6.07) is 10.1. The molecule has 2 nitrogen and oxygen atoms in total. The molecule has 0 aliphatic heterocycles. The summed E-state index contributed by atoms with van der Waals surface area (Å²) in [5.74, 6) is -0.140. The first-order chi connectivity index (χ1) is 9.18.